The summed E-state index contributed by atoms with van der Waals surface area (Å²) in [6.45, 7) is 0. The Bertz CT molecular complexity index is 552. The Morgan fingerprint density at radius 2 is 1.58 bits per heavy atom. The Hall–Kier alpha value is -2.29. The van der Waals surface area contributed by atoms with Gasteiger partial charge in [-0.15, -0.1) is 0 Å². The third-order valence-electron chi connectivity index (χ3n) is 3.18. The molecule has 2 aromatic rings. The first kappa shape index (κ1) is 13.1. The van der Waals surface area contributed by atoms with E-state index in [0.29, 0.717) is 0 Å². The van der Waals surface area contributed by atoms with Crippen LogP contribution in [0.15, 0.2) is 54.6 Å². The number of hydrogen-bond acceptors (Lipinski definition) is 2. The van der Waals surface area contributed by atoms with Gasteiger partial charge in [-0.05, 0) is 17.2 Å². The maximum atomic E-state index is 12.2. The summed E-state index contributed by atoms with van der Waals surface area (Å²) >= 11 is 0. The molecule has 0 saturated heterocycles. The van der Waals surface area contributed by atoms with Gasteiger partial charge in [0.15, 0.2) is 0 Å². The van der Waals surface area contributed by atoms with Crippen molar-refractivity contribution in [2.45, 2.75) is 5.92 Å². The molecule has 0 radical (unpaired) electrons. The monoisotopic (exact) mass is 254 g/mol. The summed E-state index contributed by atoms with van der Waals surface area (Å²) in [7, 11) is 3.53. The lowest BCUT2D eigenvalue weighted by Crippen LogP contribution is -2.27. The van der Waals surface area contributed by atoms with Crippen molar-refractivity contribution in [2.75, 3.05) is 19.4 Å². The number of rotatable bonds is 4. The molecule has 0 fully saturated rings. The highest BCUT2D eigenvalue weighted by Gasteiger charge is 2.23. The third-order valence-corrected chi connectivity index (χ3v) is 3.18. The van der Waals surface area contributed by atoms with E-state index < -0.39 is 0 Å². The van der Waals surface area contributed by atoms with Crippen molar-refractivity contribution in [2.24, 2.45) is 0 Å². The fraction of sp³-hybridized carbons (Fsp3) is 0.188. The molecule has 1 amide bonds. The zero-order chi connectivity index (χ0) is 13.7. The van der Waals surface area contributed by atoms with Crippen molar-refractivity contribution < 1.29 is 4.79 Å². The number of nitrogens with one attached hydrogen (secondary N) is 2. The second-order valence-corrected chi connectivity index (χ2v) is 4.30. The van der Waals surface area contributed by atoms with Gasteiger partial charge in [-0.25, -0.2) is 0 Å². The molecule has 2 aromatic carbocycles. The van der Waals surface area contributed by atoms with E-state index in [1.54, 1.807) is 7.05 Å². The van der Waals surface area contributed by atoms with E-state index in [4.69, 9.17) is 0 Å². The molecule has 98 valence electrons. The lowest BCUT2D eigenvalue weighted by atomic mass is 9.89. The summed E-state index contributed by atoms with van der Waals surface area (Å²) in [6, 6.07) is 17.7. The van der Waals surface area contributed by atoms with Gasteiger partial charge in [0.05, 0.1) is 5.92 Å². The van der Waals surface area contributed by atoms with E-state index in [0.717, 1.165) is 16.8 Å². The van der Waals surface area contributed by atoms with Crippen molar-refractivity contribution in [1.29, 1.82) is 0 Å². The number of anilines is 1. The molecular formula is C16H18N2O. The van der Waals surface area contributed by atoms with Crippen LogP contribution in [0.5, 0.6) is 0 Å². The molecule has 1 unspecified atom stereocenters. The van der Waals surface area contributed by atoms with Crippen LogP contribution in [-0.2, 0) is 4.79 Å². The van der Waals surface area contributed by atoms with Gasteiger partial charge >= 0.3 is 0 Å². The molecule has 0 aliphatic rings. The molecule has 0 saturated carbocycles. The summed E-state index contributed by atoms with van der Waals surface area (Å²) in [4.78, 5) is 12.2. The Balaban J connectivity index is 2.53. The molecular weight excluding hydrogens is 236 g/mol. The van der Waals surface area contributed by atoms with Crippen LogP contribution in [0.25, 0.3) is 0 Å². The lowest BCUT2D eigenvalue weighted by molar-refractivity contribution is -0.121. The van der Waals surface area contributed by atoms with Gasteiger partial charge in [0, 0.05) is 19.8 Å². The van der Waals surface area contributed by atoms with Gasteiger partial charge in [-0.3, -0.25) is 4.79 Å². The number of carbonyl (C=O) groups is 1. The molecule has 0 aromatic heterocycles. The minimum Gasteiger partial charge on any atom is -0.388 e. The van der Waals surface area contributed by atoms with Crippen LogP contribution in [0.4, 0.5) is 5.69 Å². The Labute approximate surface area is 113 Å². The van der Waals surface area contributed by atoms with E-state index in [1.165, 1.54) is 0 Å². The molecule has 0 bridgehead atoms. The number of likely N-dealkylation sites (N-methyl/N-ethyl adjacent to an activating group) is 1. The topological polar surface area (TPSA) is 41.1 Å². The predicted molar refractivity (Wildman–Crippen MR) is 78.3 cm³/mol. The van der Waals surface area contributed by atoms with Crippen LogP contribution in [0, 0.1) is 0 Å². The minimum atomic E-state index is -0.296. The van der Waals surface area contributed by atoms with Gasteiger partial charge in [0.25, 0.3) is 0 Å². The smallest absolute Gasteiger partial charge is 0.231 e. The number of hydrogen-bond donors (Lipinski definition) is 2. The van der Waals surface area contributed by atoms with Crippen LogP contribution in [-0.4, -0.2) is 20.0 Å². The number of carbonyl (C=O) groups excluding carboxylic acids is 1. The average molecular weight is 254 g/mol. The average Bonchev–Trinajstić information content (AvgIpc) is 2.49. The van der Waals surface area contributed by atoms with E-state index >= 15 is 0 Å². The van der Waals surface area contributed by atoms with E-state index in [9.17, 15) is 4.79 Å². The molecule has 3 nitrogen and oxygen atoms in total. The standard InChI is InChI=1S/C16H18N2O/c1-17-14-11-7-6-10-13(14)15(16(19)18-2)12-8-4-3-5-9-12/h3-11,15,17H,1-2H3,(H,18,19). The van der Waals surface area contributed by atoms with Crippen LogP contribution < -0.4 is 10.6 Å². The maximum absolute atomic E-state index is 12.2. The van der Waals surface area contributed by atoms with Crippen molar-refractivity contribution in [3.63, 3.8) is 0 Å². The molecule has 0 aliphatic heterocycles. The molecule has 3 heteroatoms. The second kappa shape index (κ2) is 6.05. The number of amides is 1. The number of para-hydroxylation sites is 1. The Kier molecular flexibility index (Phi) is 4.18. The largest absolute Gasteiger partial charge is 0.388 e. The quantitative estimate of drug-likeness (QED) is 0.880. The third kappa shape index (κ3) is 2.76. The van der Waals surface area contributed by atoms with Gasteiger partial charge in [-0.2, -0.15) is 0 Å². The van der Waals surface area contributed by atoms with Gasteiger partial charge < -0.3 is 10.6 Å². The first-order valence-corrected chi connectivity index (χ1v) is 6.31. The fourth-order valence-electron chi connectivity index (χ4n) is 2.24. The van der Waals surface area contributed by atoms with Gasteiger partial charge in [-0.1, -0.05) is 48.5 Å². The van der Waals surface area contributed by atoms with Crippen molar-refractivity contribution in [3.8, 4) is 0 Å². The zero-order valence-corrected chi connectivity index (χ0v) is 11.2. The van der Waals surface area contributed by atoms with Gasteiger partial charge in [0.2, 0.25) is 5.91 Å². The Morgan fingerprint density at radius 1 is 0.947 bits per heavy atom. The zero-order valence-electron chi connectivity index (χ0n) is 11.2. The molecule has 0 aliphatic carbocycles. The van der Waals surface area contributed by atoms with E-state index in [2.05, 4.69) is 10.6 Å². The summed E-state index contributed by atoms with van der Waals surface area (Å²) in [5.74, 6) is -0.302. The minimum absolute atomic E-state index is 0.00565. The molecule has 0 spiro atoms. The fourth-order valence-corrected chi connectivity index (χ4v) is 2.24. The molecule has 0 heterocycles. The van der Waals surface area contributed by atoms with Crippen LogP contribution >= 0.6 is 0 Å². The molecule has 2 N–H and O–H groups in total. The first-order valence-electron chi connectivity index (χ1n) is 6.31. The summed E-state index contributed by atoms with van der Waals surface area (Å²) < 4.78 is 0. The van der Waals surface area contributed by atoms with Crippen molar-refractivity contribution >= 4 is 11.6 Å². The van der Waals surface area contributed by atoms with Crippen molar-refractivity contribution in [1.82, 2.24) is 5.32 Å². The Morgan fingerprint density at radius 3 is 2.21 bits per heavy atom. The van der Waals surface area contributed by atoms with Gasteiger partial charge in [0.1, 0.15) is 0 Å². The van der Waals surface area contributed by atoms with E-state index in [-0.39, 0.29) is 11.8 Å². The summed E-state index contributed by atoms with van der Waals surface area (Å²) in [6.07, 6.45) is 0. The van der Waals surface area contributed by atoms with Crippen LogP contribution in [0.1, 0.15) is 17.0 Å². The summed E-state index contributed by atoms with van der Waals surface area (Å²) in [5, 5.41) is 5.89. The highest BCUT2D eigenvalue weighted by molar-refractivity contribution is 5.88. The predicted octanol–water partition coefficient (Wildman–Crippen LogP) is 2.61. The van der Waals surface area contributed by atoms with E-state index in [1.807, 2.05) is 61.6 Å². The number of benzene rings is 2. The lowest BCUT2D eigenvalue weighted by Gasteiger charge is -2.19. The summed E-state index contributed by atoms with van der Waals surface area (Å²) in [5.41, 5.74) is 2.94. The molecule has 19 heavy (non-hydrogen) atoms. The highest BCUT2D eigenvalue weighted by Crippen LogP contribution is 2.30. The van der Waals surface area contributed by atoms with Crippen LogP contribution in [0.2, 0.25) is 0 Å². The normalized spacial score (nSPS) is 11.7. The SMILES string of the molecule is CNC(=O)C(c1ccccc1)c1ccccc1NC. The maximum Gasteiger partial charge on any atom is 0.231 e. The second-order valence-electron chi connectivity index (χ2n) is 4.30. The molecule has 2 rings (SSSR count). The first-order chi connectivity index (χ1) is 9.27. The highest BCUT2D eigenvalue weighted by atomic mass is 16.1. The van der Waals surface area contributed by atoms with Crippen LogP contribution in [0.3, 0.4) is 0 Å². The van der Waals surface area contributed by atoms with Crippen molar-refractivity contribution in [3.05, 3.63) is 65.7 Å². The molecule has 1 atom stereocenters.